The summed E-state index contributed by atoms with van der Waals surface area (Å²) in [5.41, 5.74) is 10.3. The smallest absolute Gasteiger partial charge is 0.302 e. The molecule has 2 heterocycles. The highest BCUT2D eigenvalue weighted by molar-refractivity contribution is 6.78. The van der Waals surface area contributed by atoms with Gasteiger partial charge in [-0.2, -0.15) is 0 Å². The van der Waals surface area contributed by atoms with E-state index in [-0.39, 0.29) is 30.9 Å². The molecule has 40 heavy (non-hydrogen) atoms. The number of nitrogens with two attached hydrogens (primary N) is 1. The highest BCUT2D eigenvalue weighted by atomic mass is 28.4. The number of pyridine rings is 1. The van der Waals surface area contributed by atoms with Crippen molar-refractivity contribution >= 4 is 28.3 Å². The van der Waals surface area contributed by atoms with Crippen molar-refractivity contribution in [3.63, 3.8) is 0 Å². The molecule has 2 rings (SSSR count). The lowest BCUT2D eigenvalue weighted by Gasteiger charge is -2.53. The van der Waals surface area contributed by atoms with Crippen LogP contribution in [0.2, 0.25) is 33.2 Å². The number of nitrogen functional groups attached to an aromatic ring is 1. The Morgan fingerprint density at radius 1 is 0.900 bits per heavy atom. The Bertz CT molecular complexity index is 910. The van der Waals surface area contributed by atoms with Crippen molar-refractivity contribution in [1.82, 2.24) is 4.98 Å². The summed E-state index contributed by atoms with van der Waals surface area (Å²) in [5.74, 6) is -0.333. The van der Waals surface area contributed by atoms with Gasteiger partial charge in [0.2, 0.25) is 16.6 Å². The van der Waals surface area contributed by atoms with Gasteiger partial charge in [0.15, 0.2) is 0 Å². The molecule has 7 nitrogen and oxygen atoms in total. The van der Waals surface area contributed by atoms with Crippen LogP contribution in [-0.2, 0) is 23.1 Å². The third kappa shape index (κ3) is 7.20. The summed E-state index contributed by atoms with van der Waals surface area (Å²) in [5, 5.41) is 0. The molecular weight excluding hydrogens is 537 g/mol. The van der Waals surface area contributed by atoms with Crippen molar-refractivity contribution < 1.29 is 23.1 Å². The van der Waals surface area contributed by atoms with E-state index in [1.807, 2.05) is 6.07 Å². The van der Waals surface area contributed by atoms with Crippen LogP contribution in [0, 0.1) is 0 Å². The quantitative estimate of drug-likeness (QED) is 0.182. The predicted molar refractivity (Wildman–Crippen MR) is 169 cm³/mol. The van der Waals surface area contributed by atoms with Gasteiger partial charge in [-0.3, -0.25) is 9.78 Å². The summed E-state index contributed by atoms with van der Waals surface area (Å²) in [4.78, 5) is 16.2. The average molecular weight is 595 g/mol. The molecule has 0 aliphatic carbocycles. The second-order valence-electron chi connectivity index (χ2n) is 13.6. The second-order valence-corrected chi connectivity index (χ2v) is 24.4. The zero-order chi connectivity index (χ0) is 30.6. The first-order valence-electron chi connectivity index (χ1n) is 15.4. The number of anilines is 1. The van der Waals surface area contributed by atoms with E-state index in [4.69, 9.17) is 24.1 Å². The maximum Gasteiger partial charge on any atom is 0.302 e. The molecule has 1 aromatic heterocycles. The van der Waals surface area contributed by atoms with Crippen LogP contribution in [0.15, 0.2) is 18.5 Å². The van der Waals surface area contributed by atoms with Crippen molar-refractivity contribution in [2.24, 2.45) is 0 Å². The number of nitrogens with zero attached hydrogens (tertiary/aromatic N) is 1. The summed E-state index contributed by atoms with van der Waals surface area (Å²) in [7, 11) is -4.65. The third-order valence-corrected chi connectivity index (χ3v) is 21.5. The summed E-state index contributed by atoms with van der Waals surface area (Å²) in [6.45, 7) is 29.2. The molecule has 9 heteroatoms. The summed E-state index contributed by atoms with van der Waals surface area (Å²) >= 11 is 0. The molecule has 0 radical (unpaired) electrons. The summed E-state index contributed by atoms with van der Waals surface area (Å²) in [6.07, 6.45) is 2.64. The fourth-order valence-electron chi connectivity index (χ4n) is 7.75. The molecule has 1 aliphatic heterocycles. The van der Waals surface area contributed by atoms with Gasteiger partial charge in [-0.15, -0.1) is 0 Å². The molecule has 4 atom stereocenters. The molecule has 1 saturated heterocycles. The maximum absolute atomic E-state index is 12.0. The molecule has 0 spiro atoms. The van der Waals surface area contributed by atoms with Crippen LogP contribution in [0.4, 0.5) is 5.69 Å². The minimum absolute atomic E-state index is 0.111. The van der Waals surface area contributed by atoms with E-state index in [1.165, 1.54) is 6.92 Å². The van der Waals surface area contributed by atoms with Gasteiger partial charge in [0.05, 0.1) is 30.2 Å². The van der Waals surface area contributed by atoms with Crippen LogP contribution in [0.1, 0.15) is 108 Å². The van der Waals surface area contributed by atoms with E-state index in [9.17, 15) is 4.79 Å². The minimum atomic E-state index is -2.34. The molecule has 1 fully saturated rings. The lowest BCUT2D eigenvalue weighted by Crippen LogP contribution is -2.62. The van der Waals surface area contributed by atoms with Crippen molar-refractivity contribution in [2.75, 3.05) is 12.3 Å². The molecule has 0 aromatic carbocycles. The largest absolute Gasteiger partial charge is 0.463 e. The molecule has 230 valence electrons. The van der Waals surface area contributed by atoms with Gasteiger partial charge in [0.1, 0.15) is 12.7 Å². The van der Waals surface area contributed by atoms with Gasteiger partial charge >= 0.3 is 5.97 Å². The van der Waals surface area contributed by atoms with Crippen LogP contribution < -0.4 is 5.73 Å². The third-order valence-electron chi connectivity index (χ3n) is 9.31. The van der Waals surface area contributed by atoms with Crippen molar-refractivity contribution in [1.29, 1.82) is 0 Å². The van der Waals surface area contributed by atoms with E-state index in [0.717, 1.165) is 5.56 Å². The van der Waals surface area contributed by atoms with Crippen LogP contribution in [-0.4, -0.2) is 52.5 Å². The lowest BCUT2D eigenvalue weighted by atomic mass is 9.94. The Morgan fingerprint density at radius 2 is 1.38 bits per heavy atom. The Labute approximate surface area is 246 Å². The van der Waals surface area contributed by atoms with Crippen molar-refractivity contribution in [3.05, 3.63) is 24.0 Å². The van der Waals surface area contributed by atoms with Crippen LogP contribution >= 0.6 is 0 Å². The highest BCUT2D eigenvalue weighted by Gasteiger charge is 2.55. The number of esters is 1. The van der Waals surface area contributed by atoms with Crippen molar-refractivity contribution in [2.45, 2.75) is 154 Å². The second kappa shape index (κ2) is 14.3. The number of carbonyl (C=O) groups is 1. The molecule has 0 bridgehead atoms. The number of ether oxygens (including phenoxy) is 2. The Morgan fingerprint density at radius 3 is 1.80 bits per heavy atom. The van der Waals surface area contributed by atoms with E-state index in [1.54, 1.807) is 12.4 Å². The summed E-state index contributed by atoms with van der Waals surface area (Å²) in [6, 6.07) is 1.93. The molecule has 0 unspecified atom stereocenters. The Hall–Kier alpha value is -1.27. The zero-order valence-electron chi connectivity index (χ0n) is 27.5. The number of aromatic nitrogens is 1. The van der Waals surface area contributed by atoms with Crippen LogP contribution in [0.3, 0.4) is 0 Å². The SMILES string of the molecule is CC(=O)OC[C@H]1O[C@@H](c2ccncc2N)C[C@@H](O[Si](C(C)C)(C(C)C)C(C)C)[C@@H]1O[Si](C(C)C)(C(C)C)C(C)C. The average Bonchev–Trinajstić information content (AvgIpc) is 2.83. The lowest BCUT2D eigenvalue weighted by molar-refractivity contribution is -0.184. The molecule has 0 saturated carbocycles. The Kier molecular flexibility index (Phi) is 12.5. The molecule has 0 amide bonds. The van der Waals surface area contributed by atoms with E-state index >= 15 is 0 Å². The molecule has 2 N–H and O–H groups in total. The van der Waals surface area contributed by atoms with Crippen LogP contribution in [0.5, 0.6) is 0 Å². The van der Waals surface area contributed by atoms with Crippen molar-refractivity contribution in [3.8, 4) is 0 Å². The molecule has 1 aromatic rings. The van der Waals surface area contributed by atoms with Gasteiger partial charge in [0.25, 0.3) is 0 Å². The number of carbonyl (C=O) groups excluding carboxylic acids is 1. The summed E-state index contributed by atoms with van der Waals surface area (Å²) < 4.78 is 27.4. The highest BCUT2D eigenvalue weighted by Crippen LogP contribution is 2.49. The first-order chi connectivity index (χ1) is 18.5. The first-order valence-corrected chi connectivity index (χ1v) is 19.6. The monoisotopic (exact) mass is 594 g/mol. The normalized spacial score (nSPS) is 22.8. The number of hydrogen-bond donors (Lipinski definition) is 1. The molecular formula is C31H58N2O5Si2. The predicted octanol–water partition coefficient (Wildman–Crippen LogP) is 8.18. The Balaban J connectivity index is 2.75. The van der Waals surface area contributed by atoms with Gasteiger partial charge in [-0.25, -0.2) is 0 Å². The molecule has 1 aliphatic rings. The van der Waals surface area contributed by atoms with Gasteiger partial charge in [-0.1, -0.05) is 83.1 Å². The van der Waals surface area contributed by atoms with E-state index in [2.05, 4.69) is 88.1 Å². The van der Waals surface area contributed by atoms with Gasteiger partial charge in [0, 0.05) is 25.1 Å². The standard InChI is InChI=1S/C31H58N2O5Si2/c1-19(2)39(20(3)4,21(5)6)37-29-16-28(26-14-15-33-17-27(26)32)36-30(18-35-25(13)34)31(29)38-40(22(7)8,23(9)10)24(11)12/h14-15,17,19-24,28-31H,16,18,32H2,1-13H3/t28-,29-,30-,31+/m1/s1. The van der Waals surface area contributed by atoms with E-state index < -0.39 is 22.7 Å². The zero-order valence-corrected chi connectivity index (χ0v) is 29.5. The fourth-order valence-corrected chi connectivity index (χ4v) is 18.9. The maximum atomic E-state index is 12.0. The topological polar surface area (TPSA) is 92.9 Å². The van der Waals surface area contributed by atoms with Gasteiger partial charge < -0.3 is 24.1 Å². The van der Waals surface area contributed by atoms with E-state index in [0.29, 0.717) is 45.4 Å². The minimum Gasteiger partial charge on any atom is -0.463 e. The fraction of sp³-hybridized carbons (Fsp3) is 0.806. The first kappa shape index (κ1) is 34.9. The van der Waals surface area contributed by atoms with Crippen LogP contribution in [0.25, 0.3) is 0 Å². The number of hydrogen-bond acceptors (Lipinski definition) is 7. The van der Waals surface area contributed by atoms with Gasteiger partial charge in [-0.05, 0) is 39.3 Å². The number of rotatable bonds is 13.